The van der Waals surface area contributed by atoms with E-state index in [1.54, 1.807) is 0 Å². The van der Waals surface area contributed by atoms with Gasteiger partial charge in [-0.15, -0.1) is 11.3 Å². The molecule has 0 saturated carbocycles. The fourth-order valence-corrected chi connectivity index (χ4v) is 8.16. The molecule has 0 aliphatic rings. The zero-order valence-electron chi connectivity index (χ0n) is 25.7. The van der Waals surface area contributed by atoms with Crippen LogP contribution in [0.4, 0.5) is 0 Å². The van der Waals surface area contributed by atoms with E-state index in [4.69, 9.17) is 15.0 Å². The van der Waals surface area contributed by atoms with Crippen molar-refractivity contribution in [3.63, 3.8) is 0 Å². The molecule has 7 aromatic carbocycles. The van der Waals surface area contributed by atoms with Crippen LogP contribution in [0.3, 0.4) is 0 Å². The molecule has 3 aromatic heterocycles. The van der Waals surface area contributed by atoms with Crippen molar-refractivity contribution in [1.29, 1.82) is 0 Å². The van der Waals surface area contributed by atoms with Crippen LogP contribution in [0.5, 0.6) is 0 Å². The van der Waals surface area contributed by atoms with E-state index in [9.17, 15) is 0 Å². The van der Waals surface area contributed by atoms with E-state index >= 15 is 0 Å². The summed E-state index contributed by atoms with van der Waals surface area (Å²) in [6.07, 6.45) is 0. The molecule has 5 heteroatoms. The van der Waals surface area contributed by atoms with Crippen LogP contribution in [0.1, 0.15) is 0 Å². The normalized spacial score (nSPS) is 11.8. The summed E-state index contributed by atoms with van der Waals surface area (Å²) in [5.41, 5.74) is 6.22. The Morgan fingerprint density at radius 1 is 0.438 bits per heavy atom. The summed E-state index contributed by atoms with van der Waals surface area (Å²) >= 11 is 1.81. The van der Waals surface area contributed by atoms with Crippen molar-refractivity contribution in [1.82, 2.24) is 19.5 Å². The van der Waals surface area contributed by atoms with Gasteiger partial charge in [-0.2, -0.15) is 0 Å². The molecular formula is C43H26N4S. The van der Waals surface area contributed by atoms with Crippen molar-refractivity contribution in [3.05, 3.63) is 157 Å². The SMILES string of the molecule is c1ccc(-c2nc(-c3ccccc3)nc(-c3ccccc3-n3c4ccc5ccsc5c4c4c5ccccc5c5ccccc5c43)n2)cc1. The maximum absolute atomic E-state index is 5.15. The molecule has 0 saturated heterocycles. The van der Waals surface area contributed by atoms with Gasteiger partial charge in [0.25, 0.3) is 0 Å². The Bertz CT molecular complexity index is 2780. The van der Waals surface area contributed by atoms with Crippen LogP contribution in [0.15, 0.2) is 157 Å². The second-order valence-corrected chi connectivity index (χ2v) is 12.9. The number of benzene rings is 7. The van der Waals surface area contributed by atoms with Gasteiger partial charge in [-0.25, -0.2) is 15.0 Å². The van der Waals surface area contributed by atoms with Crippen molar-refractivity contribution < 1.29 is 0 Å². The molecule has 0 fully saturated rings. The van der Waals surface area contributed by atoms with Crippen molar-refractivity contribution >= 4 is 64.8 Å². The van der Waals surface area contributed by atoms with Gasteiger partial charge in [-0.1, -0.05) is 127 Å². The minimum atomic E-state index is 0.635. The summed E-state index contributed by atoms with van der Waals surface area (Å²) in [6, 6.07) is 53.2. The third-order valence-corrected chi connectivity index (χ3v) is 10.3. The molecule has 0 spiro atoms. The first-order valence-electron chi connectivity index (χ1n) is 16.0. The minimum absolute atomic E-state index is 0.635. The predicted molar refractivity (Wildman–Crippen MR) is 201 cm³/mol. The Morgan fingerprint density at radius 3 is 1.71 bits per heavy atom. The van der Waals surface area contributed by atoms with Gasteiger partial charge in [-0.05, 0) is 51.2 Å². The van der Waals surface area contributed by atoms with Gasteiger partial charge >= 0.3 is 0 Å². The molecule has 10 aromatic rings. The van der Waals surface area contributed by atoms with Gasteiger partial charge in [0.1, 0.15) is 0 Å². The molecule has 0 radical (unpaired) electrons. The van der Waals surface area contributed by atoms with E-state index in [1.165, 1.54) is 47.9 Å². The maximum Gasteiger partial charge on any atom is 0.166 e. The number of hydrogen-bond acceptors (Lipinski definition) is 4. The molecule has 0 unspecified atom stereocenters. The third kappa shape index (κ3) is 4.05. The summed E-state index contributed by atoms with van der Waals surface area (Å²) in [6.45, 7) is 0. The van der Waals surface area contributed by atoms with Crippen LogP contribution >= 0.6 is 11.3 Å². The van der Waals surface area contributed by atoms with E-state index in [2.05, 4.69) is 125 Å². The lowest BCUT2D eigenvalue weighted by Crippen LogP contribution is -2.03. The molecule has 0 bridgehead atoms. The van der Waals surface area contributed by atoms with Crippen LogP contribution in [0, 0.1) is 0 Å². The molecule has 0 amide bonds. The van der Waals surface area contributed by atoms with Crippen LogP contribution < -0.4 is 0 Å². The maximum atomic E-state index is 5.15. The lowest BCUT2D eigenvalue weighted by molar-refractivity contribution is 1.06. The number of thiophene rings is 1. The van der Waals surface area contributed by atoms with E-state index < -0.39 is 0 Å². The molecule has 224 valence electrons. The summed E-state index contributed by atoms with van der Waals surface area (Å²) < 4.78 is 3.74. The number of rotatable bonds is 4. The average Bonchev–Trinajstić information content (AvgIpc) is 3.79. The molecule has 3 heterocycles. The number of hydrogen-bond donors (Lipinski definition) is 0. The summed E-state index contributed by atoms with van der Waals surface area (Å²) in [5.74, 6) is 1.93. The van der Waals surface area contributed by atoms with Crippen molar-refractivity contribution in [2.45, 2.75) is 0 Å². The monoisotopic (exact) mass is 630 g/mol. The quantitative estimate of drug-likeness (QED) is 0.182. The number of aromatic nitrogens is 4. The topological polar surface area (TPSA) is 43.6 Å². The highest BCUT2D eigenvalue weighted by molar-refractivity contribution is 7.18. The standard InChI is InChI=1S/C43H26N4S/c1-3-13-28(14-4-1)41-44-42(29-15-5-2-6-16-29)46-43(45-41)34-21-11-12-22-35(34)47-36-24-23-27-25-26-48-40(27)38(36)37-32-19-9-7-17-30(32)31-18-8-10-20-33(31)39(37)47/h1-26H. The van der Waals surface area contributed by atoms with Gasteiger partial charge in [0.05, 0.1) is 16.7 Å². The Balaban J connectivity index is 1.36. The lowest BCUT2D eigenvalue weighted by atomic mass is 9.96. The largest absolute Gasteiger partial charge is 0.308 e. The van der Waals surface area contributed by atoms with Gasteiger partial charge in [0.15, 0.2) is 17.5 Å². The molecule has 0 atom stereocenters. The number of nitrogens with zero attached hydrogens (tertiary/aromatic N) is 4. The van der Waals surface area contributed by atoms with E-state index in [0.717, 1.165) is 27.9 Å². The van der Waals surface area contributed by atoms with Gasteiger partial charge in [0, 0.05) is 37.5 Å². The van der Waals surface area contributed by atoms with Crippen LogP contribution in [-0.2, 0) is 0 Å². The highest BCUT2D eigenvalue weighted by Crippen LogP contribution is 2.46. The summed E-state index contributed by atoms with van der Waals surface area (Å²) in [5, 5.41) is 11.0. The first kappa shape index (κ1) is 27.0. The Kier molecular flexibility index (Phi) is 6.01. The van der Waals surface area contributed by atoms with Crippen molar-refractivity contribution in [2.24, 2.45) is 0 Å². The first-order chi connectivity index (χ1) is 23.8. The van der Waals surface area contributed by atoms with Gasteiger partial charge < -0.3 is 4.57 Å². The van der Waals surface area contributed by atoms with E-state index in [-0.39, 0.29) is 0 Å². The molecule has 0 aliphatic carbocycles. The first-order valence-corrected chi connectivity index (χ1v) is 16.9. The number of fused-ring (bicyclic) bond motifs is 10. The zero-order valence-corrected chi connectivity index (χ0v) is 26.5. The number of para-hydroxylation sites is 1. The van der Waals surface area contributed by atoms with Gasteiger partial charge in [-0.3, -0.25) is 0 Å². The molecule has 10 rings (SSSR count). The lowest BCUT2D eigenvalue weighted by Gasteiger charge is -2.16. The van der Waals surface area contributed by atoms with Crippen LogP contribution in [-0.4, -0.2) is 19.5 Å². The highest BCUT2D eigenvalue weighted by Gasteiger charge is 2.23. The smallest absolute Gasteiger partial charge is 0.166 e. The Hall–Kier alpha value is -6.17. The Labute approximate surface area is 280 Å². The molecule has 4 nitrogen and oxygen atoms in total. The average molecular weight is 631 g/mol. The third-order valence-electron chi connectivity index (χ3n) is 9.30. The predicted octanol–water partition coefficient (Wildman–Crippen LogP) is 11.5. The van der Waals surface area contributed by atoms with Gasteiger partial charge in [0.2, 0.25) is 0 Å². The minimum Gasteiger partial charge on any atom is -0.308 e. The molecule has 0 N–H and O–H groups in total. The second-order valence-electron chi connectivity index (χ2n) is 12.0. The van der Waals surface area contributed by atoms with E-state index in [0.29, 0.717) is 17.5 Å². The van der Waals surface area contributed by atoms with Crippen LogP contribution in [0.2, 0.25) is 0 Å². The summed E-state index contributed by atoms with van der Waals surface area (Å²) in [4.78, 5) is 15.3. The molecule has 0 aliphatic heterocycles. The van der Waals surface area contributed by atoms with Crippen LogP contribution in [0.25, 0.3) is 93.3 Å². The highest BCUT2D eigenvalue weighted by atomic mass is 32.1. The van der Waals surface area contributed by atoms with Crippen molar-refractivity contribution in [2.75, 3.05) is 0 Å². The van der Waals surface area contributed by atoms with E-state index in [1.807, 2.05) is 47.7 Å². The van der Waals surface area contributed by atoms with Crippen molar-refractivity contribution in [3.8, 4) is 39.9 Å². The fourth-order valence-electron chi connectivity index (χ4n) is 7.22. The summed E-state index contributed by atoms with van der Waals surface area (Å²) in [7, 11) is 0. The fraction of sp³-hybridized carbons (Fsp3) is 0. The molecule has 48 heavy (non-hydrogen) atoms. The second kappa shape index (κ2) is 10.7. The molecular weight excluding hydrogens is 605 g/mol. The zero-order chi connectivity index (χ0) is 31.6. The Morgan fingerprint density at radius 2 is 1.00 bits per heavy atom.